The highest BCUT2D eigenvalue weighted by molar-refractivity contribution is 6.22. The Hall–Kier alpha value is -3.48. The summed E-state index contributed by atoms with van der Waals surface area (Å²) in [5.41, 5.74) is 2.55. The molecule has 4 rings (SSSR count). The first-order valence-electron chi connectivity index (χ1n) is 10.5. The van der Waals surface area contributed by atoms with Gasteiger partial charge in [-0.3, -0.25) is 19.3 Å². The van der Waals surface area contributed by atoms with Crippen LogP contribution in [0.5, 0.6) is 0 Å². The highest BCUT2D eigenvalue weighted by atomic mass is 16.5. The number of fused-ring (bicyclic) bond motifs is 2. The number of ether oxygens (including phenoxy) is 1. The second kappa shape index (κ2) is 8.34. The van der Waals surface area contributed by atoms with E-state index in [1.165, 1.54) is 23.1 Å². The van der Waals surface area contributed by atoms with Crippen LogP contribution in [0, 0.1) is 0 Å². The molecule has 1 unspecified atom stereocenters. The Kier molecular flexibility index (Phi) is 5.59. The van der Waals surface area contributed by atoms with Crippen LogP contribution in [0.4, 0.5) is 5.69 Å². The summed E-state index contributed by atoms with van der Waals surface area (Å²) in [6, 6.07) is 12.0. The lowest BCUT2D eigenvalue weighted by Gasteiger charge is -2.22. The third-order valence-corrected chi connectivity index (χ3v) is 5.74. The molecule has 0 N–H and O–H groups in total. The molecule has 2 aliphatic heterocycles. The standard InChI is InChI=1S/C24H24N2O5/c1-3-4-11-25-22(28)18-10-9-17(13-19(18)23(25)29)24(30)31-14-21(27)26-15(2)12-16-7-5-6-8-20(16)26/h5-10,13,15H,3-4,11-12,14H2,1-2H3. The number of hydrogen-bond donors (Lipinski definition) is 0. The van der Waals surface area contributed by atoms with Crippen molar-refractivity contribution in [2.24, 2.45) is 0 Å². The first-order valence-corrected chi connectivity index (χ1v) is 10.5. The van der Waals surface area contributed by atoms with Crippen LogP contribution in [0.25, 0.3) is 0 Å². The van der Waals surface area contributed by atoms with Crippen molar-refractivity contribution in [2.75, 3.05) is 18.1 Å². The molecule has 0 aliphatic carbocycles. The number of esters is 1. The molecule has 0 bridgehead atoms. The van der Waals surface area contributed by atoms with Gasteiger partial charge in [0.15, 0.2) is 6.61 Å². The molecule has 0 aromatic heterocycles. The number of para-hydroxylation sites is 1. The number of unbranched alkanes of at least 4 members (excludes halogenated alkanes) is 1. The first-order chi connectivity index (χ1) is 14.9. The van der Waals surface area contributed by atoms with Crippen LogP contribution in [0.15, 0.2) is 42.5 Å². The maximum absolute atomic E-state index is 12.7. The van der Waals surface area contributed by atoms with E-state index >= 15 is 0 Å². The number of carbonyl (C=O) groups is 4. The van der Waals surface area contributed by atoms with E-state index in [2.05, 4.69) is 0 Å². The van der Waals surface area contributed by atoms with Gasteiger partial charge in [-0.2, -0.15) is 0 Å². The van der Waals surface area contributed by atoms with Gasteiger partial charge in [-0.25, -0.2) is 4.79 Å². The molecule has 7 nitrogen and oxygen atoms in total. The third kappa shape index (κ3) is 3.71. The summed E-state index contributed by atoms with van der Waals surface area (Å²) < 4.78 is 5.24. The van der Waals surface area contributed by atoms with Crippen LogP contribution >= 0.6 is 0 Å². The fourth-order valence-corrected chi connectivity index (χ4v) is 4.16. The summed E-state index contributed by atoms with van der Waals surface area (Å²) in [6.45, 7) is 3.89. The molecule has 2 heterocycles. The van der Waals surface area contributed by atoms with Crippen molar-refractivity contribution in [3.05, 3.63) is 64.7 Å². The number of amides is 3. The minimum Gasteiger partial charge on any atom is -0.452 e. The van der Waals surface area contributed by atoms with E-state index in [0.717, 1.165) is 30.5 Å². The van der Waals surface area contributed by atoms with Crippen LogP contribution < -0.4 is 4.90 Å². The van der Waals surface area contributed by atoms with Gasteiger partial charge in [0.1, 0.15) is 0 Å². The Morgan fingerprint density at radius 3 is 2.58 bits per heavy atom. The van der Waals surface area contributed by atoms with E-state index in [1.54, 1.807) is 4.90 Å². The summed E-state index contributed by atoms with van der Waals surface area (Å²) in [5, 5.41) is 0. The molecule has 2 aromatic carbocycles. The molecule has 0 radical (unpaired) electrons. The van der Waals surface area contributed by atoms with Crippen molar-refractivity contribution in [3.63, 3.8) is 0 Å². The highest BCUT2D eigenvalue weighted by Crippen LogP contribution is 2.32. The van der Waals surface area contributed by atoms with Gasteiger partial charge in [0.25, 0.3) is 17.7 Å². The zero-order valence-electron chi connectivity index (χ0n) is 17.6. The molecule has 160 valence electrons. The zero-order chi connectivity index (χ0) is 22.1. The average molecular weight is 420 g/mol. The quantitative estimate of drug-likeness (QED) is 0.529. The van der Waals surface area contributed by atoms with Crippen molar-refractivity contribution in [2.45, 2.75) is 39.2 Å². The van der Waals surface area contributed by atoms with Gasteiger partial charge in [-0.15, -0.1) is 0 Å². The summed E-state index contributed by atoms with van der Waals surface area (Å²) in [6.07, 6.45) is 2.34. The molecule has 1 atom stereocenters. The number of nitrogens with zero attached hydrogens (tertiary/aromatic N) is 2. The molecular formula is C24H24N2O5. The third-order valence-electron chi connectivity index (χ3n) is 5.74. The lowest BCUT2D eigenvalue weighted by Crippen LogP contribution is -2.38. The Morgan fingerprint density at radius 1 is 1.06 bits per heavy atom. The van der Waals surface area contributed by atoms with Gasteiger partial charge in [-0.05, 0) is 49.6 Å². The van der Waals surface area contributed by atoms with E-state index in [0.29, 0.717) is 6.54 Å². The Labute approximate surface area is 180 Å². The molecule has 0 fully saturated rings. The summed E-state index contributed by atoms with van der Waals surface area (Å²) in [7, 11) is 0. The van der Waals surface area contributed by atoms with Crippen molar-refractivity contribution in [1.82, 2.24) is 4.90 Å². The van der Waals surface area contributed by atoms with E-state index in [-0.39, 0.29) is 34.5 Å². The van der Waals surface area contributed by atoms with E-state index < -0.39 is 18.5 Å². The van der Waals surface area contributed by atoms with Crippen LogP contribution in [0.3, 0.4) is 0 Å². The second-order valence-corrected chi connectivity index (χ2v) is 7.90. The van der Waals surface area contributed by atoms with Crippen LogP contribution in [-0.2, 0) is 16.0 Å². The zero-order valence-corrected chi connectivity index (χ0v) is 17.6. The molecule has 31 heavy (non-hydrogen) atoms. The second-order valence-electron chi connectivity index (χ2n) is 7.90. The monoisotopic (exact) mass is 420 g/mol. The van der Waals surface area contributed by atoms with Crippen LogP contribution in [0.1, 0.15) is 63.3 Å². The maximum atomic E-state index is 12.7. The smallest absolute Gasteiger partial charge is 0.338 e. The fourth-order valence-electron chi connectivity index (χ4n) is 4.16. The molecule has 0 saturated carbocycles. The Balaban J connectivity index is 1.44. The van der Waals surface area contributed by atoms with Gasteiger partial charge < -0.3 is 9.64 Å². The predicted octanol–water partition coefficient (Wildman–Crippen LogP) is 3.22. The number of hydrogen-bond acceptors (Lipinski definition) is 5. The van der Waals surface area contributed by atoms with Gasteiger partial charge >= 0.3 is 5.97 Å². The van der Waals surface area contributed by atoms with E-state index in [1.807, 2.05) is 38.1 Å². The highest BCUT2D eigenvalue weighted by Gasteiger charge is 2.36. The number of benzene rings is 2. The first kappa shape index (κ1) is 20.8. The minimum absolute atomic E-state index is 0.0127. The fraction of sp³-hybridized carbons (Fsp3) is 0.333. The van der Waals surface area contributed by atoms with Gasteiger partial charge in [0.2, 0.25) is 0 Å². The maximum Gasteiger partial charge on any atom is 0.338 e. The van der Waals surface area contributed by atoms with Crippen molar-refractivity contribution in [1.29, 1.82) is 0 Å². The largest absolute Gasteiger partial charge is 0.452 e. The van der Waals surface area contributed by atoms with Gasteiger partial charge in [-0.1, -0.05) is 31.5 Å². The normalized spacial score (nSPS) is 17.0. The van der Waals surface area contributed by atoms with Crippen molar-refractivity contribution in [3.8, 4) is 0 Å². The predicted molar refractivity (Wildman–Crippen MR) is 114 cm³/mol. The number of anilines is 1. The average Bonchev–Trinajstić information content (AvgIpc) is 3.23. The molecule has 2 aromatic rings. The van der Waals surface area contributed by atoms with E-state index in [9.17, 15) is 19.2 Å². The van der Waals surface area contributed by atoms with Crippen LogP contribution in [-0.4, -0.2) is 47.8 Å². The number of carbonyl (C=O) groups excluding carboxylic acids is 4. The molecule has 3 amide bonds. The summed E-state index contributed by atoms with van der Waals surface area (Å²) in [4.78, 5) is 53.1. The van der Waals surface area contributed by atoms with Gasteiger partial charge in [0.05, 0.1) is 16.7 Å². The molecule has 0 saturated heterocycles. The molecule has 7 heteroatoms. The van der Waals surface area contributed by atoms with Gasteiger partial charge in [0, 0.05) is 18.3 Å². The van der Waals surface area contributed by atoms with Crippen molar-refractivity contribution < 1.29 is 23.9 Å². The lowest BCUT2D eigenvalue weighted by atomic mass is 10.1. The SMILES string of the molecule is CCCCN1C(=O)c2ccc(C(=O)OCC(=O)N3c4ccccc4CC3C)cc2C1=O. The van der Waals surface area contributed by atoms with Crippen molar-refractivity contribution >= 4 is 29.4 Å². The Morgan fingerprint density at radius 2 is 1.81 bits per heavy atom. The number of imide groups is 1. The lowest BCUT2D eigenvalue weighted by molar-refractivity contribution is -0.122. The topological polar surface area (TPSA) is 84.0 Å². The van der Waals surface area contributed by atoms with Crippen LogP contribution in [0.2, 0.25) is 0 Å². The van der Waals surface area contributed by atoms with E-state index in [4.69, 9.17) is 4.74 Å². The summed E-state index contributed by atoms with van der Waals surface area (Å²) in [5.74, 6) is -1.75. The molecular weight excluding hydrogens is 396 g/mol. The Bertz CT molecular complexity index is 1080. The summed E-state index contributed by atoms with van der Waals surface area (Å²) >= 11 is 0. The number of rotatable bonds is 6. The molecule has 2 aliphatic rings. The minimum atomic E-state index is -0.705. The molecule has 0 spiro atoms.